The van der Waals surface area contributed by atoms with Gasteiger partial charge in [0, 0.05) is 31.3 Å². The van der Waals surface area contributed by atoms with Crippen LogP contribution < -0.4 is 5.32 Å². The molecule has 0 saturated carbocycles. The highest BCUT2D eigenvalue weighted by atomic mass is 16.6. The maximum atomic E-state index is 13.3. The fraction of sp³-hybridized carbons (Fsp3) is 0.774. The fourth-order valence-corrected chi connectivity index (χ4v) is 4.37. The van der Waals surface area contributed by atoms with Gasteiger partial charge in [0.2, 0.25) is 5.91 Å². The SMILES string of the molecule is CC(Cc1nccn1CC(=O)N(CC(=O)OC(C)(C)C)CC(=O)OC(C)(C)C)NCCCCCCCCCCC(=O)O. The van der Waals surface area contributed by atoms with Crippen molar-refractivity contribution in [3.63, 3.8) is 0 Å². The second kappa shape index (κ2) is 18.6. The van der Waals surface area contributed by atoms with Gasteiger partial charge in [-0.2, -0.15) is 0 Å². The average Bonchev–Trinajstić information content (AvgIpc) is 3.25. The number of hydrogen-bond acceptors (Lipinski definition) is 8. The third kappa shape index (κ3) is 18.5. The van der Waals surface area contributed by atoms with Crippen LogP contribution in [0.3, 0.4) is 0 Å². The van der Waals surface area contributed by atoms with E-state index in [0.29, 0.717) is 6.42 Å². The fourth-order valence-electron chi connectivity index (χ4n) is 4.37. The van der Waals surface area contributed by atoms with E-state index < -0.39 is 35.0 Å². The maximum Gasteiger partial charge on any atom is 0.326 e. The van der Waals surface area contributed by atoms with Crippen LogP contribution in [0.5, 0.6) is 0 Å². The average molecular weight is 595 g/mol. The number of nitrogens with zero attached hydrogens (tertiary/aromatic N) is 3. The summed E-state index contributed by atoms with van der Waals surface area (Å²) in [5.41, 5.74) is -1.44. The molecule has 0 saturated heterocycles. The number of unbranched alkanes of at least 4 members (excludes halogenated alkanes) is 7. The molecule has 0 aromatic carbocycles. The molecule has 1 rings (SSSR count). The van der Waals surface area contributed by atoms with Gasteiger partial charge < -0.3 is 29.4 Å². The van der Waals surface area contributed by atoms with Gasteiger partial charge in [0.15, 0.2) is 0 Å². The number of carbonyl (C=O) groups is 4. The van der Waals surface area contributed by atoms with Gasteiger partial charge in [-0.15, -0.1) is 0 Å². The molecule has 1 aromatic rings. The Kier molecular flexibility index (Phi) is 16.4. The number of carboxylic acids is 1. The zero-order chi connectivity index (χ0) is 31.8. The van der Waals surface area contributed by atoms with E-state index in [2.05, 4.69) is 17.2 Å². The lowest BCUT2D eigenvalue weighted by molar-refractivity contribution is -0.164. The van der Waals surface area contributed by atoms with Crippen LogP contribution in [0, 0.1) is 0 Å². The predicted octanol–water partition coefficient (Wildman–Crippen LogP) is 4.51. The summed E-state index contributed by atoms with van der Waals surface area (Å²) in [6.45, 7) is 12.6. The standard InChI is InChI=1S/C31H54N4O7/c1-24(32-17-15-13-11-9-8-10-12-14-16-27(37)38)20-25-33-18-19-34(25)21-26(36)35(22-28(39)41-30(2,3)4)23-29(40)42-31(5,6)7/h18-19,24,32H,8-17,20-23H2,1-7H3,(H,37,38). The molecule has 0 spiro atoms. The summed E-state index contributed by atoms with van der Waals surface area (Å²) >= 11 is 0. The van der Waals surface area contributed by atoms with Crippen LogP contribution in [0.1, 0.15) is 112 Å². The smallest absolute Gasteiger partial charge is 0.326 e. The van der Waals surface area contributed by atoms with Crippen LogP contribution in [0.25, 0.3) is 0 Å². The van der Waals surface area contributed by atoms with E-state index in [0.717, 1.165) is 50.9 Å². The van der Waals surface area contributed by atoms with Gasteiger partial charge in [-0.1, -0.05) is 38.5 Å². The van der Waals surface area contributed by atoms with E-state index >= 15 is 0 Å². The van der Waals surface area contributed by atoms with Crippen molar-refractivity contribution in [2.24, 2.45) is 0 Å². The number of esters is 2. The van der Waals surface area contributed by atoms with Gasteiger partial charge in [0.05, 0.1) is 0 Å². The Labute approximate surface area is 251 Å². The molecule has 2 N–H and O–H groups in total. The molecular formula is C31H54N4O7. The summed E-state index contributed by atoms with van der Waals surface area (Å²) < 4.78 is 12.5. The van der Waals surface area contributed by atoms with E-state index in [4.69, 9.17) is 14.6 Å². The summed E-state index contributed by atoms with van der Waals surface area (Å²) in [6, 6.07) is 0.148. The lowest BCUT2D eigenvalue weighted by Gasteiger charge is -2.26. The van der Waals surface area contributed by atoms with Gasteiger partial charge in [0.1, 0.15) is 36.7 Å². The molecule has 0 aliphatic carbocycles. The first-order chi connectivity index (χ1) is 19.6. The second-order valence-corrected chi connectivity index (χ2v) is 12.9. The highest BCUT2D eigenvalue weighted by Gasteiger charge is 2.27. The number of nitrogens with one attached hydrogen (secondary N) is 1. The number of imidazole rings is 1. The molecule has 11 heteroatoms. The molecule has 1 amide bonds. The van der Waals surface area contributed by atoms with Crippen LogP contribution in [-0.2, 0) is 41.6 Å². The highest BCUT2D eigenvalue weighted by Crippen LogP contribution is 2.12. The minimum absolute atomic E-state index is 0.0655. The molecule has 0 aliphatic heterocycles. The zero-order valence-electron chi connectivity index (χ0n) is 26.9. The van der Waals surface area contributed by atoms with E-state index in [1.807, 2.05) is 0 Å². The summed E-state index contributed by atoms with van der Waals surface area (Å²) in [5.74, 6) is -1.58. The first-order valence-electron chi connectivity index (χ1n) is 15.2. The van der Waals surface area contributed by atoms with Crippen molar-refractivity contribution in [1.82, 2.24) is 19.8 Å². The van der Waals surface area contributed by atoms with E-state index in [9.17, 15) is 19.2 Å². The lowest BCUT2D eigenvalue weighted by atomic mass is 10.1. The largest absolute Gasteiger partial charge is 0.481 e. The van der Waals surface area contributed by atoms with E-state index in [-0.39, 0.29) is 32.1 Å². The van der Waals surface area contributed by atoms with Gasteiger partial charge >= 0.3 is 17.9 Å². The minimum atomic E-state index is -0.719. The van der Waals surface area contributed by atoms with Gasteiger partial charge in [-0.3, -0.25) is 19.2 Å². The maximum absolute atomic E-state index is 13.3. The summed E-state index contributed by atoms with van der Waals surface area (Å²) in [6.07, 6.45) is 12.8. The summed E-state index contributed by atoms with van der Waals surface area (Å²) in [7, 11) is 0. The number of carbonyl (C=O) groups excluding carboxylic acids is 3. The number of hydrogen-bond donors (Lipinski definition) is 2. The van der Waals surface area contributed by atoms with Crippen LogP contribution >= 0.6 is 0 Å². The Hall–Kier alpha value is -2.95. The van der Waals surface area contributed by atoms with Crippen LogP contribution in [0.15, 0.2) is 12.4 Å². The van der Waals surface area contributed by atoms with Gasteiger partial charge in [-0.05, 0) is 67.9 Å². The van der Waals surface area contributed by atoms with Crippen molar-refractivity contribution < 1.29 is 33.8 Å². The molecule has 1 unspecified atom stereocenters. The van der Waals surface area contributed by atoms with E-state index in [1.165, 1.54) is 17.7 Å². The monoisotopic (exact) mass is 594 g/mol. The topological polar surface area (TPSA) is 140 Å². The number of amides is 1. The third-order valence-electron chi connectivity index (χ3n) is 6.24. The normalized spacial score (nSPS) is 12.5. The van der Waals surface area contributed by atoms with Crippen molar-refractivity contribution in [3.8, 4) is 0 Å². The molecule has 1 aromatic heterocycles. The summed E-state index contributed by atoms with van der Waals surface area (Å²) in [5, 5.41) is 12.2. The van der Waals surface area contributed by atoms with Crippen LogP contribution in [0.2, 0.25) is 0 Å². The van der Waals surface area contributed by atoms with Crippen molar-refractivity contribution in [1.29, 1.82) is 0 Å². The van der Waals surface area contributed by atoms with Crippen molar-refractivity contribution in [2.45, 2.75) is 136 Å². The number of aromatic nitrogens is 2. The Morgan fingerprint density at radius 1 is 0.881 bits per heavy atom. The first kappa shape index (κ1) is 37.1. The van der Waals surface area contributed by atoms with Crippen molar-refractivity contribution in [3.05, 3.63) is 18.2 Å². The molecule has 0 fully saturated rings. The molecule has 0 bridgehead atoms. The van der Waals surface area contributed by atoms with Crippen molar-refractivity contribution in [2.75, 3.05) is 19.6 Å². The minimum Gasteiger partial charge on any atom is -0.481 e. The van der Waals surface area contributed by atoms with Crippen LogP contribution in [0.4, 0.5) is 0 Å². The first-order valence-corrected chi connectivity index (χ1v) is 15.2. The number of ether oxygens (including phenoxy) is 2. The Morgan fingerprint density at radius 2 is 1.38 bits per heavy atom. The quantitative estimate of drug-likeness (QED) is 0.165. The molecule has 1 heterocycles. The molecule has 42 heavy (non-hydrogen) atoms. The highest BCUT2D eigenvalue weighted by molar-refractivity contribution is 5.86. The Bertz CT molecular complexity index is 949. The second-order valence-electron chi connectivity index (χ2n) is 12.9. The van der Waals surface area contributed by atoms with E-state index in [1.54, 1.807) is 58.5 Å². The van der Waals surface area contributed by atoms with Gasteiger partial charge in [0.25, 0.3) is 0 Å². The number of rotatable bonds is 20. The molecule has 0 aliphatic rings. The summed E-state index contributed by atoms with van der Waals surface area (Å²) in [4.78, 5) is 54.4. The number of aliphatic carboxylic acids is 1. The molecule has 1 atom stereocenters. The number of carboxylic acid groups (broad SMARTS) is 1. The zero-order valence-corrected chi connectivity index (χ0v) is 26.9. The Morgan fingerprint density at radius 3 is 1.88 bits per heavy atom. The molecule has 11 nitrogen and oxygen atoms in total. The van der Waals surface area contributed by atoms with Gasteiger partial charge in [-0.25, -0.2) is 4.98 Å². The third-order valence-corrected chi connectivity index (χ3v) is 6.24. The molecule has 0 radical (unpaired) electrons. The Balaban J connectivity index is 2.55. The van der Waals surface area contributed by atoms with Crippen molar-refractivity contribution >= 4 is 23.8 Å². The lowest BCUT2D eigenvalue weighted by Crippen LogP contribution is -2.44. The molecular weight excluding hydrogens is 540 g/mol. The predicted molar refractivity (Wildman–Crippen MR) is 161 cm³/mol. The molecule has 240 valence electrons. The van der Waals surface area contributed by atoms with Crippen LogP contribution in [-0.4, -0.2) is 80.3 Å².